The molecule has 0 spiro atoms. The van der Waals surface area contributed by atoms with Crippen molar-refractivity contribution in [2.45, 2.75) is 0 Å². The minimum absolute atomic E-state index is 1.12. The average molecular weight is 654 g/mol. The van der Waals surface area contributed by atoms with E-state index in [9.17, 15) is 0 Å². The number of thiophene rings is 1. The van der Waals surface area contributed by atoms with Crippen molar-refractivity contribution >= 4 is 80.9 Å². The van der Waals surface area contributed by atoms with Crippen LogP contribution in [0.15, 0.2) is 188 Å². The van der Waals surface area contributed by atoms with Crippen LogP contribution in [0.5, 0.6) is 0 Å². The van der Waals surface area contributed by atoms with Crippen molar-refractivity contribution in [1.82, 2.24) is 0 Å². The average Bonchev–Trinajstić information content (AvgIpc) is 3.58. The highest BCUT2D eigenvalue weighted by Crippen LogP contribution is 2.42. The van der Waals surface area contributed by atoms with E-state index in [-0.39, 0.29) is 0 Å². The molecule has 0 bridgehead atoms. The Hall–Kier alpha value is -6.22. The van der Waals surface area contributed by atoms with Crippen molar-refractivity contribution in [3.63, 3.8) is 0 Å². The van der Waals surface area contributed by atoms with Gasteiger partial charge in [0, 0.05) is 37.2 Å². The zero-order valence-electron chi connectivity index (χ0n) is 27.3. The second-order valence-electron chi connectivity index (χ2n) is 12.9. The maximum atomic E-state index is 2.37. The summed E-state index contributed by atoms with van der Waals surface area (Å²) >= 11 is 1.88. The van der Waals surface area contributed by atoms with E-state index in [4.69, 9.17) is 0 Å². The molecule has 234 valence electrons. The molecule has 1 heterocycles. The Labute approximate surface area is 294 Å². The standard InChI is InChI=1S/C48H31NS/c1-2-11-35(12-3-1)49(37-28-23-33(24-29-37)38-18-10-19-45-44-17-8-9-20-47(44)50-48(38)45)36-26-21-32(22-27-36)34-25-30-43-41-15-5-4-13-39(41)40-14-6-7-16-42(40)46(43)31-34/h1-31H. The van der Waals surface area contributed by atoms with Crippen LogP contribution in [0.2, 0.25) is 0 Å². The van der Waals surface area contributed by atoms with Crippen molar-refractivity contribution in [1.29, 1.82) is 0 Å². The zero-order valence-corrected chi connectivity index (χ0v) is 28.1. The van der Waals surface area contributed by atoms with Gasteiger partial charge < -0.3 is 4.90 Å². The van der Waals surface area contributed by atoms with Crippen LogP contribution < -0.4 is 4.90 Å². The fourth-order valence-electron chi connectivity index (χ4n) is 7.68. The molecule has 0 N–H and O–H groups in total. The molecule has 0 aliphatic carbocycles. The van der Waals surface area contributed by atoms with Crippen LogP contribution in [0, 0.1) is 0 Å². The SMILES string of the molecule is c1ccc(N(c2ccc(-c3ccc4c5ccccc5c5ccccc5c4c3)cc2)c2ccc(-c3cccc4c3sc3ccccc34)cc2)cc1. The molecule has 10 rings (SSSR count). The largest absolute Gasteiger partial charge is 0.311 e. The number of rotatable bonds is 5. The number of para-hydroxylation sites is 1. The van der Waals surface area contributed by atoms with Gasteiger partial charge in [-0.25, -0.2) is 0 Å². The lowest BCUT2D eigenvalue weighted by Crippen LogP contribution is -2.09. The Morgan fingerprint density at radius 3 is 1.44 bits per heavy atom. The Morgan fingerprint density at radius 1 is 0.300 bits per heavy atom. The second kappa shape index (κ2) is 11.7. The highest BCUT2D eigenvalue weighted by atomic mass is 32.1. The van der Waals surface area contributed by atoms with Gasteiger partial charge in [0.2, 0.25) is 0 Å². The first-order valence-corrected chi connectivity index (χ1v) is 17.9. The molecule has 0 unspecified atom stereocenters. The fraction of sp³-hybridized carbons (Fsp3) is 0. The Morgan fingerprint density at radius 2 is 0.780 bits per heavy atom. The molecular weight excluding hydrogens is 623 g/mol. The Bertz CT molecular complexity index is 2810. The predicted octanol–water partition coefficient (Wildman–Crippen LogP) is 14.3. The van der Waals surface area contributed by atoms with E-state index in [2.05, 4.69) is 193 Å². The van der Waals surface area contributed by atoms with Gasteiger partial charge in [-0.1, -0.05) is 140 Å². The summed E-state index contributed by atoms with van der Waals surface area (Å²) in [5, 5.41) is 10.4. The maximum absolute atomic E-state index is 2.37. The molecule has 0 saturated heterocycles. The van der Waals surface area contributed by atoms with Crippen LogP contribution in [0.4, 0.5) is 17.1 Å². The molecule has 0 aliphatic heterocycles. The van der Waals surface area contributed by atoms with Crippen molar-refractivity contribution in [3.05, 3.63) is 188 Å². The first kappa shape index (κ1) is 28.8. The third kappa shape index (κ3) is 4.69. The van der Waals surface area contributed by atoms with Crippen LogP contribution in [0.3, 0.4) is 0 Å². The van der Waals surface area contributed by atoms with Crippen LogP contribution in [-0.4, -0.2) is 0 Å². The lowest BCUT2D eigenvalue weighted by molar-refractivity contribution is 1.28. The second-order valence-corrected chi connectivity index (χ2v) is 13.9. The van der Waals surface area contributed by atoms with E-state index < -0.39 is 0 Å². The van der Waals surface area contributed by atoms with Gasteiger partial charge in [0.05, 0.1) is 0 Å². The summed E-state index contributed by atoms with van der Waals surface area (Å²) in [6, 6.07) is 68.5. The first-order valence-electron chi connectivity index (χ1n) is 17.1. The number of benzene rings is 9. The van der Waals surface area contributed by atoms with Gasteiger partial charge in [0.15, 0.2) is 0 Å². The number of hydrogen-bond acceptors (Lipinski definition) is 2. The van der Waals surface area contributed by atoms with Crippen LogP contribution >= 0.6 is 11.3 Å². The molecule has 1 aromatic heterocycles. The van der Waals surface area contributed by atoms with Crippen LogP contribution in [0.25, 0.3) is 74.7 Å². The molecule has 0 fully saturated rings. The lowest BCUT2D eigenvalue weighted by Gasteiger charge is -2.26. The first-order chi connectivity index (χ1) is 24.8. The van der Waals surface area contributed by atoms with Gasteiger partial charge in [-0.15, -0.1) is 11.3 Å². The van der Waals surface area contributed by atoms with Gasteiger partial charge in [-0.05, 0) is 103 Å². The smallest absolute Gasteiger partial charge is 0.0462 e. The molecule has 0 aliphatic rings. The summed E-state index contributed by atoms with van der Waals surface area (Å²) in [4.78, 5) is 2.34. The van der Waals surface area contributed by atoms with E-state index >= 15 is 0 Å². The molecule has 50 heavy (non-hydrogen) atoms. The summed E-state index contributed by atoms with van der Waals surface area (Å²) in [6.45, 7) is 0. The quantitative estimate of drug-likeness (QED) is 0.167. The number of nitrogens with zero attached hydrogens (tertiary/aromatic N) is 1. The van der Waals surface area contributed by atoms with E-state index in [1.165, 1.54) is 74.7 Å². The van der Waals surface area contributed by atoms with Gasteiger partial charge in [0.1, 0.15) is 0 Å². The fourth-order valence-corrected chi connectivity index (χ4v) is 8.92. The summed E-state index contributed by atoms with van der Waals surface area (Å²) < 4.78 is 2.67. The summed E-state index contributed by atoms with van der Waals surface area (Å²) in [5.41, 5.74) is 8.30. The minimum Gasteiger partial charge on any atom is -0.311 e. The van der Waals surface area contributed by atoms with Gasteiger partial charge in [-0.3, -0.25) is 0 Å². The molecule has 9 aromatic carbocycles. The van der Waals surface area contributed by atoms with Crippen LogP contribution in [0.1, 0.15) is 0 Å². The molecule has 2 heteroatoms. The molecule has 10 aromatic rings. The minimum atomic E-state index is 1.12. The molecular formula is C48H31NS. The molecule has 0 amide bonds. The third-order valence-electron chi connectivity index (χ3n) is 10.1. The monoisotopic (exact) mass is 653 g/mol. The predicted molar refractivity (Wildman–Crippen MR) is 217 cm³/mol. The van der Waals surface area contributed by atoms with Crippen molar-refractivity contribution in [3.8, 4) is 22.3 Å². The maximum Gasteiger partial charge on any atom is 0.0462 e. The molecule has 0 saturated carbocycles. The van der Waals surface area contributed by atoms with E-state index in [0.29, 0.717) is 0 Å². The highest BCUT2D eigenvalue weighted by Gasteiger charge is 2.15. The van der Waals surface area contributed by atoms with Crippen molar-refractivity contribution in [2.75, 3.05) is 4.90 Å². The Kier molecular flexibility index (Phi) is 6.75. The highest BCUT2D eigenvalue weighted by molar-refractivity contribution is 7.26. The summed E-state index contributed by atoms with van der Waals surface area (Å²) in [5.74, 6) is 0. The normalized spacial score (nSPS) is 11.6. The topological polar surface area (TPSA) is 3.24 Å². The number of anilines is 3. The third-order valence-corrected chi connectivity index (χ3v) is 11.3. The summed E-state index contributed by atoms with van der Waals surface area (Å²) in [7, 11) is 0. The van der Waals surface area contributed by atoms with Crippen molar-refractivity contribution in [2.24, 2.45) is 0 Å². The molecule has 0 atom stereocenters. The number of fused-ring (bicyclic) bond motifs is 9. The van der Waals surface area contributed by atoms with Crippen molar-refractivity contribution < 1.29 is 0 Å². The van der Waals surface area contributed by atoms with E-state index in [0.717, 1.165) is 17.1 Å². The number of hydrogen-bond donors (Lipinski definition) is 0. The van der Waals surface area contributed by atoms with Gasteiger partial charge >= 0.3 is 0 Å². The zero-order chi connectivity index (χ0) is 33.0. The lowest BCUT2D eigenvalue weighted by atomic mass is 9.92. The van der Waals surface area contributed by atoms with Crippen LogP contribution in [-0.2, 0) is 0 Å². The van der Waals surface area contributed by atoms with E-state index in [1.807, 2.05) is 11.3 Å². The summed E-state index contributed by atoms with van der Waals surface area (Å²) in [6.07, 6.45) is 0. The van der Waals surface area contributed by atoms with Gasteiger partial charge in [-0.2, -0.15) is 0 Å². The Balaban J connectivity index is 1.04. The molecule has 1 nitrogen and oxygen atoms in total. The van der Waals surface area contributed by atoms with E-state index in [1.54, 1.807) is 0 Å². The van der Waals surface area contributed by atoms with Gasteiger partial charge in [0.25, 0.3) is 0 Å². The molecule has 0 radical (unpaired) electrons.